The number of amides is 1. The van der Waals surface area contributed by atoms with Crippen molar-refractivity contribution in [3.63, 3.8) is 0 Å². The van der Waals surface area contributed by atoms with Gasteiger partial charge in [0, 0.05) is 19.0 Å². The van der Waals surface area contributed by atoms with Crippen LogP contribution in [0.2, 0.25) is 0 Å². The van der Waals surface area contributed by atoms with Gasteiger partial charge in [-0.25, -0.2) is 0 Å². The first-order chi connectivity index (χ1) is 13.0. The number of hydrogen-bond donors (Lipinski definition) is 0. The molecule has 140 valence electrons. The monoisotopic (exact) mass is 365 g/mol. The summed E-state index contributed by atoms with van der Waals surface area (Å²) in [6, 6.07) is 15.6. The van der Waals surface area contributed by atoms with E-state index in [0.29, 0.717) is 31.1 Å². The van der Waals surface area contributed by atoms with E-state index in [1.807, 2.05) is 55.5 Å². The largest absolute Gasteiger partial charge is 0.497 e. The molecule has 0 saturated heterocycles. The van der Waals surface area contributed by atoms with Crippen molar-refractivity contribution in [1.82, 2.24) is 15.0 Å². The van der Waals surface area contributed by atoms with E-state index in [4.69, 9.17) is 9.26 Å². The Morgan fingerprint density at radius 2 is 1.81 bits per heavy atom. The molecule has 0 aliphatic heterocycles. The van der Waals surface area contributed by atoms with Gasteiger partial charge >= 0.3 is 0 Å². The highest BCUT2D eigenvalue weighted by atomic mass is 16.5. The molecule has 0 N–H and O–H groups in total. The molecule has 0 fully saturated rings. The SMILES string of the molecule is COc1ccc(CCC(=O)N(C)Cc2nc(-c3ccc(C)cc3)no2)cc1. The van der Waals surface area contributed by atoms with Gasteiger partial charge in [0.2, 0.25) is 17.6 Å². The summed E-state index contributed by atoms with van der Waals surface area (Å²) in [4.78, 5) is 18.4. The smallest absolute Gasteiger partial charge is 0.246 e. The number of aromatic nitrogens is 2. The fraction of sp³-hybridized carbons (Fsp3) is 0.286. The summed E-state index contributed by atoms with van der Waals surface area (Å²) < 4.78 is 10.4. The number of carbonyl (C=O) groups excluding carboxylic acids is 1. The lowest BCUT2D eigenvalue weighted by Crippen LogP contribution is -2.26. The molecule has 6 heteroatoms. The van der Waals surface area contributed by atoms with Crippen molar-refractivity contribution in [2.45, 2.75) is 26.3 Å². The maximum Gasteiger partial charge on any atom is 0.246 e. The van der Waals surface area contributed by atoms with Gasteiger partial charge in [0.15, 0.2) is 0 Å². The van der Waals surface area contributed by atoms with Crippen molar-refractivity contribution in [2.75, 3.05) is 14.2 Å². The normalized spacial score (nSPS) is 10.6. The Labute approximate surface area is 158 Å². The van der Waals surface area contributed by atoms with Gasteiger partial charge in [0.05, 0.1) is 13.7 Å². The zero-order valence-electron chi connectivity index (χ0n) is 15.8. The second kappa shape index (κ2) is 8.49. The third-order valence-corrected chi connectivity index (χ3v) is 4.36. The Balaban J connectivity index is 1.54. The van der Waals surface area contributed by atoms with Gasteiger partial charge in [0.25, 0.3) is 0 Å². The summed E-state index contributed by atoms with van der Waals surface area (Å²) in [7, 11) is 3.38. The van der Waals surface area contributed by atoms with Crippen LogP contribution < -0.4 is 4.74 Å². The predicted molar refractivity (Wildman–Crippen MR) is 102 cm³/mol. The number of aryl methyl sites for hydroxylation is 2. The van der Waals surface area contributed by atoms with Crippen LogP contribution in [-0.4, -0.2) is 35.1 Å². The van der Waals surface area contributed by atoms with E-state index < -0.39 is 0 Å². The zero-order chi connectivity index (χ0) is 19.2. The average molecular weight is 365 g/mol. The molecule has 0 aliphatic rings. The highest BCUT2D eigenvalue weighted by Crippen LogP contribution is 2.17. The molecule has 3 aromatic rings. The molecule has 0 aliphatic carbocycles. The van der Waals surface area contributed by atoms with Crippen molar-refractivity contribution in [3.05, 3.63) is 65.5 Å². The lowest BCUT2D eigenvalue weighted by atomic mass is 10.1. The molecular weight excluding hydrogens is 342 g/mol. The van der Waals surface area contributed by atoms with E-state index in [-0.39, 0.29) is 5.91 Å². The van der Waals surface area contributed by atoms with Crippen LogP contribution in [0.5, 0.6) is 5.75 Å². The number of benzene rings is 2. The summed E-state index contributed by atoms with van der Waals surface area (Å²) >= 11 is 0. The van der Waals surface area contributed by atoms with Crippen molar-refractivity contribution < 1.29 is 14.1 Å². The summed E-state index contributed by atoms with van der Waals surface area (Å²) in [6.07, 6.45) is 1.09. The third-order valence-electron chi connectivity index (χ3n) is 4.36. The number of ether oxygens (including phenoxy) is 1. The van der Waals surface area contributed by atoms with Gasteiger partial charge in [-0.2, -0.15) is 4.98 Å². The molecule has 3 rings (SSSR count). The third kappa shape index (κ3) is 4.94. The topological polar surface area (TPSA) is 68.5 Å². The Morgan fingerprint density at radius 1 is 1.11 bits per heavy atom. The molecule has 0 radical (unpaired) electrons. The van der Waals surface area contributed by atoms with E-state index >= 15 is 0 Å². The van der Waals surface area contributed by atoms with E-state index in [1.54, 1.807) is 19.1 Å². The molecule has 0 unspecified atom stereocenters. The Hall–Kier alpha value is -3.15. The minimum Gasteiger partial charge on any atom is -0.497 e. The van der Waals surface area contributed by atoms with Crippen LogP contribution in [0.1, 0.15) is 23.4 Å². The summed E-state index contributed by atoms with van der Waals surface area (Å²) in [5, 5.41) is 4.00. The Morgan fingerprint density at radius 3 is 2.48 bits per heavy atom. The molecular formula is C21H23N3O3. The average Bonchev–Trinajstić information content (AvgIpc) is 3.15. The van der Waals surface area contributed by atoms with E-state index in [9.17, 15) is 4.79 Å². The molecule has 0 saturated carbocycles. The maximum atomic E-state index is 12.4. The first kappa shape index (κ1) is 18.6. The molecule has 6 nitrogen and oxygen atoms in total. The maximum absolute atomic E-state index is 12.4. The molecule has 0 atom stereocenters. The number of methoxy groups -OCH3 is 1. The number of hydrogen-bond acceptors (Lipinski definition) is 5. The van der Waals surface area contributed by atoms with Gasteiger partial charge in [0.1, 0.15) is 5.75 Å². The van der Waals surface area contributed by atoms with Gasteiger partial charge in [-0.1, -0.05) is 47.1 Å². The molecule has 1 aromatic heterocycles. The number of rotatable bonds is 7. The number of carbonyl (C=O) groups is 1. The second-order valence-electron chi connectivity index (χ2n) is 6.48. The fourth-order valence-electron chi connectivity index (χ4n) is 2.66. The van der Waals surface area contributed by atoms with E-state index in [2.05, 4.69) is 10.1 Å². The minimum atomic E-state index is 0.0286. The minimum absolute atomic E-state index is 0.0286. The van der Waals surface area contributed by atoms with Crippen LogP contribution in [0.15, 0.2) is 53.1 Å². The van der Waals surface area contributed by atoms with Crippen LogP contribution in [0, 0.1) is 6.92 Å². The van der Waals surface area contributed by atoms with E-state index in [1.165, 1.54) is 5.56 Å². The van der Waals surface area contributed by atoms with Crippen LogP contribution in [0.25, 0.3) is 11.4 Å². The van der Waals surface area contributed by atoms with Crippen LogP contribution >= 0.6 is 0 Å². The summed E-state index contributed by atoms with van der Waals surface area (Å²) in [6.45, 7) is 2.32. The highest BCUT2D eigenvalue weighted by Gasteiger charge is 2.14. The van der Waals surface area contributed by atoms with E-state index in [0.717, 1.165) is 16.9 Å². The molecule has 0 spiro atoms. The molecule has 27 heavy (non-hydrogen) atoms. The Kier molecular flexibility index (Phi) is 5.86. The quantitative estimate of drug-likeness (QED) is 0.639. The molecule has 2 aromatic carbocycles. The fourth-order valence-corrected chi connectivity index (χ4v) is 2.66. The van der Waals surface area contributed by atoms with Crippen molar-refractivity contribution in [2.24, 2.45) is 0 Å². The van der Waals surface area contributed by atoms with Crippen LogP contribution in [0.4, 0.5) is 0 Å². The predicted octanol–water partition coefficient (Wildman–Crippen LogP) is 3.64. The standard InChI is InChI=1S/C21H23N3O3/c1-15-4-9-17(10-5-15)21-22-19(27-23-21)14-24(2)20(25)13-8-16-6-11-18(26-3)12-7-16/h4-7,9-12H,8,13-14H2,1-3H3. The lowest BCUT2D eigenvalue weighted by molar-refractivity contribution is -0.130. The first-order valence-electron chi connectivity index (χ1n) is 8.81. The second-order valence-corrected chi connectivity index (χ2v) is 6.48. The molecule has 1 heterocycles. The van der Waals surface area contributed by atoms with Crippen LogP contribution in [-0.2, 0) is 17.8 Å². The van der Waals surface area contributed by atoms with Crippen molar-refractivity contribution in [1.29, 1.82) is 0 Å². The van der Waals surface area contributed by atoms with Gasteiger partial charge < -0.3 is 14.2 Å². The van der Waals surface area contributed by atoms with Crippen molar-refractivity contribution >= 4 is 5.91 Å². The zero-order valence-corrected chi connectivity index (χ0v) is 15.8. The molecule has 1 amide bonds. The lowest BCUT2D eigenvalue weighted by Gasteiger charge is -2.14. The van der Waals surface area contributed by atoms with Gasteiger partial charge in [-0.15, -0.1) is 0 Å². The number of nitrogens with zero attached hydrogens (tertiary/aromatic N) is 3. The molecule has 0 bridgehead atoms. The summed E-state index contributed by atoms with van der Waals surface area (Å²) in [5.41, 5.74) is 3.16. The Bertz CT molecular complexity index is 886. The van der Waals surface area contributed by atoms with Crippen molar-refractivity contribution in [3.8, 4) is 17.1 Å². The van der Waals surface area contributed by atoms with Gasteiger partial charge in [-0.3, -0.25) is 4.79 Å². The van der Waals surface area contributed by atoms with Crippen LogP contribution in [0.3, 0.4) is 0 Å². The first-order valence-corrected chi connectivity index (χ1v) is 8.81. The summed E-state index contributed by atoms with van der Waals surface area (Å²) in [5.74, 6) is 1.79. The van der Waals surface area contributed by atoms with Gasteiger partial charge in [-0.05, 0) is 31.0 Å². The highest BCUT2D eigenvalue weighted by molar-refractivity contribution is 5.76.